The maximum atomic E-state index is 14.4. The van der Waals surface area contributed by atoms with Gasteiger partial charge in [0.05, 0.1) is 0 Å². The number of anilines is 1. The van der Waals surface area contributed by atoms with Crippen molar-refractivity contribution in [3.05, 3.63) is 28.1 Å². The Morgan fingerprint density at radius 3 is 2.11 bits per heavy atom. The molecule has 19 heavy (non-hydrogen) atoms. The van der Waals surface area contributed by atoms with Gasteiger partial charge in [0.2, 0.25) is 0 Å². The molecule has 2 amide bonds. The van der Waals surface area contributed by atoms with Gasteiger partial charge in [0.1, 0.15) is 5.82 Å². The van der Waals surface area contributed by atoms with Gasteiger partial charge in [-0.15, -0.1) is 0 Å². The zero-order valence-electron chi connectivity index (χ0n) is 10.9. The lowest BCUT2D eigenvalue weighted by Gasteiger charge is -2.17. The van der Waals surface area contributed by atoms with Gasteiger partial charge >= 0.3 is 6.03 Å². The number of hydrogen-bond donors (Lipinski definition) is 2. The fourth-order valence-electron chi connectivity index (χ4n) is 3.27. The van der Waals surface area contributed by atoms with Gasteiger partial charge in [0, 0.05) is 11.9 Å². The summed E-state index contributed by atoms with van der Waals surface area (Å²) in [6, 6.07) is -0.220. The fraction of sp³-hybridized carbons (Fsp3) is 0.500. The Hall–Kier alpha value is -1.23. The van der Waals surface area contributed by atoms with Crippen molar-refractivity contribution < 1.29 is 9.18 Å². The van der Waals surface area contributed by atoms with Crippen LogP contribution < -0.4 is 10.0 Å². The van der Waals surface area contributed by atoms with Gasteiger partial charge < -0.3 is 5.32 Å². The maximum absolute atomic E-state index is 14.4. The Morgan fingerprint density at radius 1 is 1.05 bits per heavy atom. The number of nitrogens with one attached hydrogen (secondary N) is 2. The molecule has 0 aromatic heterocycles. The van der Waals surface area contributed by atoms with E-state index in [4.69, 9.17) is 0 Å². The van der Waals surface area contributed by atoms with E-state index in [0.717, 1.165) is 66.5 Å². The Kier molecular flexibility index (Phi) is 3.39. The van der Waals surface area contributed by atoms with Gasteiger partial charge in [0.25, 0.3) is 0 Å². The van der Waals surface area contributed by atoms with E-state index in [0.29, 0.717) is 0 Å². The highest BCUT2D eigenvalue weighted by molar-refractivity contribution is 7.97. The minimum Gasteiger partial charge on any atom is -0.307 e. The van der Waals surface area contributed by atoms with Crippen LogP contribution in [0.25, 0.3) is 0 Å². The number of benzene rings is 1. The molecule has 1 aromatic carbocycles. The molecule has 3 nitrogen and oxygen atoms in total. The van der Waals surface area contributed by atoms with Gasteiger partial charge in [-0.1, -0.05) is 11.9 Å². The Balaban J connectivity index is 2.06. The molecule has 0 saturated carbocycles. The van der Waals surface area contributed by atoms with E-state index in [1.54, 1.807) is 6.26 Å². The van der Waals surface area contributed by atoms with Crippen LogP contribution in [0.3, 0.4) is 0 Å². The smallest absolute Gasteiger partial charge is 0.307 e. The Bertz CT molecular complexity index is 510. The molecule has 0 heterocycles. The average Bonchev–Trinajstić information content (AvgIpc) is 3.03. The molecule has 2 aliphatic carbocycles. The van der Waals surface area contributed by atoms with Crippen LogP contribution >= 0.6 is 11.9 Å². The number of fused-ring (bicyclic) bond motifs is 2. The van der Waals surface area contributed by atoms with Crippen LogP contribution in [0.4, 0.5) is 14.9 Å². The molecule has 0 saturated heterocycles. The van der Waals surface area contributed by atoms with Gasteiger partial charge in [-0.2, -0.15) is 0 Å². The molecular weight excluding hydrogens is 263 g/mol. The first kappa shape index (κ1) is 12.8. The first-order valence-electron chi connectivity index (χ1n) is 6.67. The van der Waals surface area contributed by atoms with Crippen LogP contribution in [0.2, 0.25) is 0 Å². The monoisotopic (exact) mass is 280 g/mol. The number of rotatable bonds is 2. The van der Waals surface area contributed by atoms with Crippen LogP contribution in [0.5, 0.6) is 0 Å². The van der Waals surface area contributed by atoms with E-state index in [2.05, 4.69) is 10.0 Å². The fourth-order valence-corrected chi connectivity index (χ4v) is 3.51. The van der Waals surface area contributed by atoms with E-state index in [9.17, 15) is 9.18 Å². The van der Waals surface area contributed by atoms with Crippen molar-refractivity contribution in [2.45, 2.75) is 38.5 Å². The number of hydrogen-bond acceptors (Lipinski definition) is 2. The first-order chi connectivity index (χ1) is 9.22. The predicted octanol–water partition coefficient (Wildman–Crippen LogP) is 3.20. The second-order valence-electron chi connectivity index (χ2n) is 5.07. The summed E-state index contributed by atoms with van der Waals surface area (Å²) in [6.07, 6.45) is 7.10. The molecule has 2 aliphatic rings. The molecule has 3 rings (SSSR count). The van der Waals surface area contributed by atoms with Crippen molar-refractivity contribution in [1.29, 1.82) is 0 Å². The van der Waals surface area contributed by atoms with E-state index < -0.39 is 0 Å². The number of halogens is 1. The summed E-state index contributed by atoms with van der Waals surface area (Å²) < 4.78 is 17.1. The highest BCUT2D eigenvalue weighted by Gasteiger charge is 2.29. The number of carbonyl (C=O) groups excluding carboxylic acids is 1. The third kappa shape index (κ3) is 2.10. The topological polar surface area (TPSA) is 41.1 Å². The van der Waals surface area contributed by atoms with Crippen LogP contribution in [0.15, 0.2) is 0 Å². The lowest BCUT2D eigenvalue weighted by molar-refractivity contribution is 0.257. The molecule has 2 N–H and O–H groups in total. The van der Waals surface area contributed by atoms with Crippen molar-refractivity contribution in [3.8, 4) is 0 Å². The number of amides is 2. The molecule has 102 valence electrons. The molecule has 5 heteroatoms. The third-order valence-corrected chi connectivity index (χ3v) is 4.39. The first-order valence-corrected chi connectivity index (χ1v) is 7.89. The summed E-state index contributed by atoms with van der Waals surface area (Å²) in [5, 5.41) is 2.93. The summed E-state index contributed by atoms with van der Waals surface area (Å²) >= 11 is 1.26. The van der Waals surface area contributed by atoms with E-state index in [1.165, 1.54) is 11.9 Å². The van der Waals surface area contributed by atoms with E-state index in [1.807, 2.05) is 0 Å². The summed E-state index contributed by atoms with van der Waals surface area (Å²) in [5.74, 6) is -0.00387. The van der Waals surface area contributed by atoms with Crippen molar-refractivity contribution in [2.24, 2.45) is 0 Å². The van der Waals surface area contributed by atoms with Crippen molar-refractivity contribution in [3.63, 3.8) is 0 Å². The van der Waals surface area contributed by atoms with Gasteiger partial charge in [-0.3, -0.25) is 4.72 Å². The molecule has 0 bridgehead atoms. The van der Waals surface area contributed by atoms with Crippen LogP contribution in [0, 0.1) is 5.82 Å². The van der Waals surface area contributed by atoms with Gasteiger partial charge in [0.15, 0.2) is 0 Å². The largest absolute Gasteiger partial charge is 0.329 e. The highest BCUT2D eigenvalue weighted by Crippen LogP contribution is 2.40. The number of urea groups is 1. The van der Waals surface area contributed by atoms with Gasteiger partial charge in [-0.05, 0) is 60.8 Å². The van der Waals surface area contributed by atoms with Crippen LogP contribution in [0.1, 0.15) is 35.1 Å². The molecular formula is C14H17FN2OS. The van der Waals surface area contributed by atoms with Crippen LogP contribution in [-0.2, 0) is 25.7 Å². The quantitative estimate of drug-likeness (QED) is 0.817. The van der Waals surface area contributed by atoms with Crippen LogP contribution in [-0.4, -0.2) is 12.3 Å². The standard InChI is InChI=1S/C14H17FN2OS/c1-19-17-14(18)16-13-10-6-2-4-8(10)12(15)9-5-3-7-11(9)13/h2-7H2,1H3,(H2,16,17,18). The summed E-state index contributed by atoms with van der Waals surface area (Å²) in [6.45, 7) is 0. The van der Waals surface area contributed by atoms with Crippen molar-refractivity contribution in [2.75, 3.05) is 11.6 Å². The molecule has 1 aromatic rings. The summed E-state index contributed by atoms with van der Waals surface area (Å²) in [4.78, 5) is 11.8. The predicted molar refractivity (Wildman–Crippen MR) is 76.1 cm³/mol. The molecule has 0 aliphatic heterocycles. The van der Waals surface area contributed by atoms with Gasteiger partial charge in [-0.25, -0.2) is 9.18 Å². The SMILES string of the molecule is CSNC(=O)Nc1c2c(c(F)c3c1CCC3)CCC2. The highest BCUT2D eigenvalue weighted by atomic mass is 32.2. The Labute approximate surface area is 116 Å². The van der Waals surface area contributed by atoms with E-state index >= 15 is 0 Å². The van der Waals surface area contributed by atoms with E-state index in [-0.39, 0.29) is 11.8 Å². The Morgan fingerprint density at radius 2 is 1.58 bits per heavy atom. The molecule has 0 fully saturated rings. The summed E-state index contributed by atoms with van der Waals surface area (Å²) in [7, 11) is 0. The second kappa shape index (κ2) is 5.04. The zero-order valence-corrected chi connectivity index (χ0v) is 11.8. The normalized spacial score (nSPS) is 16.1. The zero-order chi connectivity index (χ0) is 13.4. The molecule has 0 radical (unpaired) electrons. The lowest BCUT2D eigenvalue weighted by atomic mass is 9.98. The minimum atomic E-state index is -0.220. The second-order valence-corrected chi connectivity index (χ2v) is 5.68. The molecule has 0 atom stereocenters. The number of carbonyl (C=O) groups is 1. The lowest BCUT2D eigenvalue weighted by Crippen LogP contribution is -2.24. The minimum absolute atomic E-state index is 0.00387. The van der Waals surface area contributed by atoms with Crippen molar-refractivity contribution in [1.82, 2.24) is 4.72 Å². The average molecular weight is 280 g/mol. The van der Waals surface area contributed by atoms with Crippen molar-refractivity contribution >= 4 is 23.7 Å². The maximum Gasteiger partial charge on any atom is 0.329 e. The third-order valence-electron chi connectivity index (χ3n) is 4.00. The molecule has 0 unspecified atom stereocenters. The molecule has 0 spiro atoms. The summed E-state index contributed by atoms with van der Waals surface area (Å²) in [5.41, 5.74) is 4.59.